The predicted octanol–water partition coefficient (Wildman–Crippen LogP) is 3.64. The number of halogens is 1. The van der Waals surface area contributed by atoms with E-state index in [4.69, 9.17) is 4.42 Å². The fraction of sp³-hybridized carbons (Fsp3) is 0.0952. The van der Waals surface area contributed by atoms with E-state index >= 15 is 0 Å². The average molecular weight is 365 g/mol. The maximum Gasteiger partial charge on any atom is 0.227 e. The number of nitrogens with one attached hydrogen (secondary N) is 1. The molecule has 0 spiro atoms. The zero-order valence-corrected chi connectivity index (χ0v) is 14.1. The summed E-state index contributed by atoms with van der Waals surface area (Å²) in [5.41, 5.74) is 1.62. The molecule has 0 aliphatic rings. The third kappa shape index (κ3) is 3.00. The summed E-state index contributed by atoms with van der Waals surface area (Å²) in [6.45, 7) is -0.480. The number of H-pyrrole nitrogens is 1. The summed E-state index contributed by atoms with van der Waals surface area (Å²) in [6, 6.07) is 14.4. The first-order valence-electron chi connectivity index (χ1n) is 8.36. The second kappa shape index (κ2) is 6.74. The molecule has 5 nitrogen and oxygen atoms in total. The largest absolute Gasteiger partial charge is 0.502 e. The van der Waals surface area contributed by atoms with Crippen molar-refractivity contribution in [2.24, 2.45) is 0 Å². The van der Waals surface area contributed by atoms with Gasteiger partial charge in [-0.1, -0.05) is 30.3 Å². The van der Waals surface area contributed by atoms with Crippen LogP contribution in [0.4, 0.5) is 4.39 Å². The van der Waals surface area contributed by atoms with Gasteiger partial charge in [-0.05, 0) is 29.3 Å². The summed E-state index contributed by atoms with van der Waals surface area (Å²) < 4.78 is 19.1. The van der Waals surface area contributed by atoms with Gasteiger partial charge in [0.15, 0.2) is 5.76 Å². The molecular weight excluding hydrogens is 349 g/mol. The lowest BCUT2D eigenvalue weighted by atomic mass is 9.88. The van der Waals surface area contributed by atoms with E-state index in [1.165, 1.54) is 12.1 Å². The van der Waals surface area contributed by atoms with Crippen LogP contribution in [0, 0.1) is 5.82 Å². The Labute approximate surface area is 153 Å². The zero-order chi connectivity index (χ0) is 19.0. The second-order valence-corrected chi connectivity index (χ2v) is 6.22. The summed E-state index contributed by atoms with van der Waals surface area (Å²) in [4.78, 5) is 15.3. The highest BCUT2D eigenvalue weighted by molar-refractivity contribution is 5.84. The van der Waals surface area contributed by atoms with Crippen LogP contribution >= 0.6 is 0 Å². The Bertz CT molecular complexity index is 1160. The van der Waals surface area contributed by atoms with Gasteiger partial charge in [-0.3, -0.25) is 4.79 Å². The molecule has 0 bridgehead atoms. The van der Waals surface area contributed by atoms with Crippen LogP contribution in [0.15, 0.2) is 70.0 Å². The highest BCUT2D eigenvalue weighted by Gasteiger charge is 2.27. The Kier molecular flexibility index (Phi) is 4.25. The van der Waals surface area contributed by atoms with Gasteiger partial charge in [0, 0.05) is 23.2 Å². The molecule has 2 aromatic heterocycles. The number of aromatic hydroxyl groups is 1. The molecule has 27 heavy (non-hydrogen) atoms. The van der Waals surface area contributed by atoms with Crippen molar-refractivity contribution in [2.75, 3.05) is 0 Å². The Morgan fingerprint density at radius 1 is 1.11 bits per heavy atom. The van der Waals surface area contributed by atoms with Gasteiger partial charge in [-0.25, -0.2) is 4.39 Å². The molecule has 136 valence electrons. The molecule has 0 saturated heterocycles. The monoisotopic (exact) mass is 365 g/mol. The van der Waals surface area contributed by atoms with E-state index in [1.807, 2.05) is 24.3 Å². The third-order valence-corrected chi connectivity index (χ3v) is 4.55. The fourth-order valence-electron chi connectivity index (χ4n) is 3.29. The molecule has 0 aliphatic carbocycles. The van der Waals surface area contributed by atoms with E-state index in [1.54, 1.807) is 18.3 Å². The van der Waals surface area contributed by atoms with E-state index in [-0.39, 0.29) is 11.5 Å². The topological polar surface area (TPSA) is 86.5 Å². The molecule has 0 fully saturated rings. The van der Waals surface area contributed by atoms with Gasteiger partial charge in [-0.2, -0.15) is 0 Å². The van der Waals surface area contributed by atoms with Crippen LogP contribution in [-0.2, 0) is 6.61 Å². The van der Waals surface area contributed by atoms with Gasteiger partial charge < -0.3 is 19.6 Å². The number of hydrogen-bond donors (Lipinski definition) is 3. The predicted molar refractivity (Wildman–Crippen MR) is 98.2 cm³/mol. The molecule has 0 saturated carbocycles. The molecule has 1 unspecified atom stereocenters. The Balaban J connectivity index is 2.02. The van der Waals surface area contributed by atoms with Gasteiger partial charge in [0.25, 0.3) is 0 Å². The van der Waals surface area contributed by atoms with Gasteiger partial charge in [0.05, 0.1) is 5.92 Å². The molecule has 0 radical (unpaired) electrons. The van der Waals surface area contributed by atoms with Crippen LogP contribution in [0.1, 0.15) is 28.6 Å². The number of fused-ring (bicyclic) bond motifs is 1. The van der Waals surface area contributed by atoms with Gasteiger partial charge in [0.2, 0.25) is 11.2 Å². The first-order valence-corrected chi connectivity index (χ1v) is 8.36. The lowest BCUT2D eigenvalue weighted by Gasteiger charge is -2.18. The smallest absolute Gasteiger partial charge is 0.227 e. The van der Waals surface area contributed by atoms with E-state index in [0.717, 1.165) is 22.5 Å². The van der Waals surface area contributed by atoms with Crippen LogP contribution < -0.4 is 5.43 Å². The van der Waals surface area contributed by atoms with Gasteiger partial charge in [0.1, 0.15) is 18.2 Å². The highest BCUT2D eigenvalue weighted by atomic mass is 19.1. The fourth-order valence-corrected chi connectivity index (χ4v) is 3.29. The first-order chi connectivity index (χ1) is 13.1. The van der Waals surface area contributed by atoms with Crippen molar-refractivity contribution in [3.63, 3.8) is 0 Å². The SMILES string of the molecule is O=c1cc(CO)oc(C(c2ccc(F)cc2)c2c[nH]c3ccccc23)c1O. The van der Waals surface area contributed by atoms with Crippen LogP contribution in [-0.4, -0.2) is 15.2 Å². The van der Waals surface area contributed by atoms with Crippen LogP contribution in [0.5, 0.6) is 5.75 Å². The van der Waals surface area contributed by atoms with Crippen molar-refractivity contribution in [3.8, 4) is 5.75 Å². The second-order valence-electron chi connectivity index (χ2n) is 6.22. The lowest BCUT2D eigenvalue weighted by molar-refractivity contribution is 0.235. The van der Waals surface area contributed by atoms with Crippen molar-refractivity contribution in [1.82, 2.24) is 4.98 Å². The van der Waals surface area contributed by atoms with E-state index in [9.17, 15) is 19.4 Å². The van der Waals surface area contributed by atoms with Crippen molar-refractivity contribution < 1.29 is 19.0 Å². The number of aliphatic hydroxyl groups is 1. The first kappa shape index (κ1) is 17.1. The summed E-state index contributed by atoms with van der Waals surface area (Å²) in [5.74, 6) is -1.55. The Morgan fingerprint density at radius 2 is 1.85 bits per heavy atom. The van der Waals surface area contributed by atoms with Crippen molar-refractivity contribution in [3.05, 3.63) is 99.5 Å². The molecule has 0 aliphatic heterocycles. The van der Waals surface area contributed by atoms with Crippen molar-refractivity contribution in [1.29, 1.82) is 0 Å². The average Bonchev–Trinajstić information content (AvgIpc) is 3.10. The van der Waals surface area contributed by atoms with Crippen molar-refractivity contribution in [2.45, 2.75) is 12.5 Å². The summed E-state index contributed by atoms with van der Waals surface area (Å²) >= 11 is 0. The summed E-state index contributed by atoms with van der Waals surface area (Å²) in [6.07, 6.45) is 1.77. The maximum atomic E-state index is 13.4. The quantitative estimate of drug-likeness (QED) is 0.515. The van der Waals surface area contributed by atoms with Crippen LogP contribution in [0.2, 0.25) is 0 Å². The molecule has 3 N–H and O–H groups in total. The summed E-state index contributed by atoms with van der Waals surface area (Å²) in [5, 5.41) is 20.7. The number of para-hydroxylation sites is 1. The maximum absolute atomic E-state index is 13.4. The summed E-state index contributed by atoms with van der Waals surface area (Å²) in [7, 11) is 0. The Morgan fingerprint density at radius 3 is 2.59 bits per heavy atom. The molecule has 4 aromatic rings. The molecular formula is C21H16FNO4. The van der Waals surface area contributed by atoms with Gasteiger partial charge >= 0.3 is 0 Å². The molecule has 2 heterocycles. The lowest BCUT2D eigenvalue weighted by Crippen LogP contribution is -2.10. The molecule has 2 aromatic carbocycles. The van der Waals surface area contributed by atoms with Crippen LogP contribution in [0.3, 0.4) is 0 Å². The number of rotatable bonds is 4. The van der Waals surface area contributed by atoms with E-state index in [2.05, 4.69) is 4.98 Å². The Hall–Kier alpha value is -3.38. The number of aromatic amines is 1. The minimum Gasteiger partial charge on any atom is -0.502 e. The molecule has 6 heteroatoms. The van der Waals surface area contributed by atoms with Crippen LogP contribution in [0.25, 0.3) is 10.9 Å². The normalized spacial score (nSPS) is 12.4. The molecule has 0 amide bonds. The number of aromatic nitrogens is 1. The number of benzene rings is 2. The molecule has 4 rings (SSSR count). The van der Waals surface area contributed by atoms with E-state index in [0.29, 0.717) is 5.56 Å². The number of hydrogen-bond acceptors (Lipinski definition) is 4. The zero-order valence-electron chi connectivity index (χ0n) is 14.1. The molecule has 1 atom stereocenters. The van der Waals surface area contributed by atoms with Crippen molar-refractivity contribution >= 4 is 10.9 Å². The minimum atomic E-state index is -0.666. The highest BCUT2D eigenvalue weighted by Crippen LogP contribution is 2.39. The number of aliphatic hydroxyl groups excluding tert-OH is 1. The standard InChI is InChI=1S/C21H16FNO4/c22-13-7-5-12(6-8-13)19(16-10-23-17-4-2-1-3-15(16)17)21-20(26)18(25)9-14(11-24)27-21/h1-10,19,23-24,26H,11H2. The minimum absolute atomic E-state index is 0.00270. The van der Waals surface area contributed by atoms with Gasteiger partial charge in [-0.15, -0.1) is 0 Å². The third-order valence-electron chi connectivity index (χ3n) is 4.55. The van der Waals surface area contributed by atoms with E-state index < -0.39 is 29.5 Å².